The molecule has 0 aliphatic heterocycles. The number of hydrogen-bond acceptors (Lipinski definition) is 6. The van der Waals surface area contributed by atoms with Gasteiger partial charge in [0, 0.05) is 13.6 Å². The minimum atomic E-state index is -3.50. The zero-order valence-electron chi connectivity index (χ0n) is 10.8. The van der Waals surface area contributed by atoms with Crippen LogP contribution in [0.25, 0.3) is 0 Å². The normalized spacial score (nSPS) is 11.1. The van der Waals surface area contributed by atoms with E-state index in [4.69, 9.17) is 5.73 Å². The van der Waals surface area contributed by atoms with Gasteiger partial charge >= 0.3 is 0 Å². The Labute approximate surface area is 116 Å². The van der Waals surface area contributed by atoms with Gasteiger partial charge in [0.15, 0.2) is 9.84 Å². The van der Waals surface area contributed by atoms with Crippen LogP contribution in [0.15, 0.2) is 17.6 Å². The van der Waals surface area contributed by atoms with Crippen molar-refractivity contribution in [2.45, 2.75) is 11.8 Å². The van der Waals surface area contributed by atoms with Gasteiger partial charge in [0.25, 0.3) is 5.91 Å². The second-order valence-electron chi connectivity index (χ2n) is 3.66. The lowest BCUT2D eigenvalue weighted by Gasteiger charge is -2.05. The maximum absolute atomic E-state index is 12.1. The maximum atomic E-state index is 12.1. The molecule has 0 fully saturated rings. The van der Waals surface area contributed by atoms with Crippen LogP contribution in [0.3, 0.4) is 0 Å². The van der Waals surface area contributed by atoms with Crippen molar-refractivity contribution in [1.82, 2.24) is 5.32 Å². The second-order valence-corrected chi connectivity index (χ2v) is 6.89. The number of carbonyl (C=O) groups is 1. The lowest BCUT2D eigenvalue weighted by Crippen LogP contribution is -2.18. The summed E-state index contributed by atoms with van der Waals surface area (Å²) in [6, 6.07) is 0. The molecular weight excluding hydrogens is 286 g/mol. The van der Waals surface area contributed by atoms with Gasteiger partial charge in [-0.25, -0.2) is 8.42 Å². The Kier molecular flexibility index (Phi) is 4.96. The molecule has 0 aliphatic carbocycles. The van der Waals surface area contributed by atoms with Crippen LogP contribution in [-0.2, 0) is 9.84 Å². The van der Waals surface area contributed by atoms with Crippen molar-refractivity contribution in [2.75, 3.05) is 30.4 Å². The van der Waals surface area contributed by atoms with Crippen LogP contribution in [0.2, 0.25) is 0 Å². The highest BCUT2D eigenvalue weighted by atomic mass is 32.2. The molecule has 8 heteroatoms. The molecular formula is C11H17N3O3S2. The average Bonchev–Trinajstić information content (AvgIpc) is 2.73. The van der Waals surface area contributed by atoms with Crippen LogP contribution >= 0.6 is 11.3 Å². The minimum Gasteiger partial charge on any atom is -0.396 e. The minimum absolute atomic E-state index is 0.000417. The smallest absolute Gasteiger partial charge is 0.263 e. The standard InChI is InChI=1S/C11H17N3O3S2/c1-4-6-14-11-9(19(16,17)5-2)7(12)8(18-11)10(15)13-3/h4,14H,1,5-6,12H2,2-3H3,(H,13,15). The number of thiophene rings is 1. The summed E-state index contributed by atoms with van der Waals surface area (Å²) in [6.07, 6.45) is 1.60. The summed E-state index contributed by atoms with van der Waals surface area (Å²) in [5.41, 5.74) is 5.82. The van der Waals surface area contributed by atoms with Crippen molar-refractivity contribution in [3.8, 4) is 0 Å². The Morgan fingerprint density at radius 1 is 1.53 bits per heavy atom. The van der Waals surface area contributed by atoms with Crippen molar-refractivity contribution in [3.05, 3.63) is 17.5 Å². The number of amides is 1. The molecule has 1 aromatic rings. The molecule has 0 saturated carbocycles. The summed E-state index contributed by atoms with van der Waals surface area (Å²) in [5, 5.41) is 5.71. The third-order valence-electron chi connectivity index (χ3n) is 2.43. The Morgan fingerprint density at radius 2 is 2.16 bits per heavy atom. The number of nitrogen functional groups attached to an aromatic ring is 1. The first kappa shape index (κ1) is 15.5. The zero-order valence-corrected chi connectivity index (χ0v) is 12.5. The van der Waals surface area contributed by atoms with Gasteiger partial charge in [-0.3, -0.25) is 4.79 Å². The van der Waals surface area contributed by atoms with Crippen molar-refractivity contribution in [3.63, 3.8) is 0 Å². The topological polar surface area (TPSA) is 101 Å². The average molecular weight is 303 g/mol. The molecule has 1 amide bonds. The van der Waals surface area contributed by atoms with E-state index in [0.717, 1.165) is 11.3 Å². The van der Waals surface area contributed by atoms with Crippen LogP contribution < -0.4 is 16.4 Å². The summed E-state index contributed by atoms with van der Waals surface area (Å²) >= 11 is 1.03. The van der Waals surface area contributed by atoms with Gasteiger partial charge in [-0.2, -0.15) is 0 Å². The molecule has 0 aromatic carbocycles. The molecule has 0 saturated heterocycles. The molecule has 1 aromatic heterocycles. The van der Waals surface area contributed by atoms with E-state index in [0.29, 0.717) is 11.5 Å². The van der Waals surface area contributed by atoms with E-state index in [1.165, 1.54) is 14.0 Å². The van der Waals surface area contributed by atoms with Crippen LogP contribution in [0.5, 0.6) is 0 Å². The van der Waals surface area contributed by atoms with Crippen molar-refractivity contribution >= 4 is 37.8 Å². The monoisotopic (exact) mass is 303 g/mol. The SMILES string of the molecule is C=CCNc1sc(C(=O)NC)c(N)c1S(=O)(=O)CC. The summed E-state index contributed by atoms with van der Waals surface area (Å²) in [6.45, 7) is 5.47. The number of anilines is 2. The number of hydrogen-bond donors (Lipinski definition) is 3. The second kappa shape index (κ2) is 6.07. The molecule has 1 rings (SSSR count). The highest BCUT2D eigenvalue weighted by Gasteiger charge is 2.28. The van der Waals surface area contributed by atoms with Crippen LogP contribution in [0.1, 0.15) is 16.6 Å². The summed E-state index contributed by atoms with van der Waals surface area (Å²) < 4.78 is 24.1. The maximum Gasteiger partial charge on any atom is 0.263 e. The molecule has 0 atom stereocenters. The first-order valence-electron chi connectivity index (χ1n) is 5.60. The molecule has 19 heavy (non-hydrogen) atoms. The van der Waals surface area contributed by atoms with Crippen LogP contribution in [0, 0.1) is 0 Å². The summed E-state index contributed by atoms with van der Waals surface area (Å²) in [7, 11) is -2.04. The lowest BCUT2D eigenvalue weighted by atomic mass is 10.3. The van der Waals surface area contributed by atoms with Gasteiger partial charge in [0.1, 0.15) is 14.8 Å². The van der Waals surface area contributed by atoms with Crippen molar-refractivity contribution in [2.24, 2.45) is 0 Å². The van der Waals surface area contributed by atoms with Gasteiger partial charge in [0.2, 0.25) is 0 Å². The predicted octanol–water partition coefficient (Wildman–Crippen LogP) is 1.08. The molecule has 106 valence electrons. The van der Waals surface area contributed by atoms with Gasteiger partial charge in [0.05, 0.1) is 11.4 Å². The molecule has 0 unspecified atom stereocenters. The Hall–Kier alpha value is -1.54. The quantitative estimate of drug-likeness (QED) is 0.683. The molecule has 0 spiro atoms. The molecule has 0 radical (unpaired) electrons. The van der Waals surface area contributed by atoms with Gasteiger partial charge in [-0.15, -0.1) is 17.9 Å². The van der Waals surface area contributed by atoms with Crippen LogP contribution in [0.4, 0.5) is 10.7 Å². The van der Waals surface area contributed by atoms with E-state index in [2.05, 4.69) is 17.2 Å². The number of nitrogens with one attached hydrogen (secondary N) is 2. The van der Waals surface area contributed by atoms with Gasteiger partial charge in [-0.1, -0.05) is 13.0 Å². The third-order valence-corrected chi connectivity index (χ3v) is 5.53. The van der Waals surface area contributed by atoms with Gasteiger partial charge < -0.3 is 16.4 Å². The highest BCUT2D eigenvalue weighted by Crippen LogP contribution is 2.39. The summed E-state index contributed by atoms with van der Waals surface area (Å²) in [4.78, 5) is 11.9. The fraction of sp³-hybridized carbons (Fsp3) is 0.364. The molecule has 6 nitrogen and oxygen atoms in total. The zero-order chi connectivity index (χ0) is 14.6. The number of sulfone groups is 1. The Bertz CT molecular complexity index is 591. The number of carbonyl (C=O) groups excluding carboxylic acids is 1. The summed E-state index contributed by atoms with van der Waals surface area (Å²) in [5.74, 6) is -0.481. The Balaban J connectivity index is 3.44. The molecule has 0 aliphatic rings. The van der Waals surface area contributed by atoms with E-state index in [1.807, 2.05) is 0 Å². The number of nitrogens with two attached hydrogens (primary N) is 1. The Morgan fingerprint density at radius 3 is 2.63 bits per heavy atom. The van der Waals surface area contributed by atoms with E-state index in [-0.39, 0.29) is 21.2 Å². The molecule has 0 bridgehead atoms. The third kappa shape index (κ3) is 3.07. The fourth-order valence-electron chi connectivity index (χ4n) is 1.45. The lowest BCUT2D eigenvalue weighted by molar-refractivity contribution is 0.0968. The van der Waals surface area contributed by atoms with Crippen molar-refractivity contribution < 1.29 is 13.2 Å². The van der Waals surface area contributed by atoms with Crippen LogP contribution in [-0.4, -0.2) is 33.7 Å². The van der Waals surface area contributed by atoms with E-state index in [9.17, 15) is 13.2 Å². The van der Waals surface area contributed by atoms with E-state index in [1.54, 1.807) is 6.08 Å². The first-order valence-corrected chi connectivity index (χ1v) is 8.07. The first-order chi connectivity index (χ1) is 8.88. The highest BCUT2D eigenvalue weighted by molar-refractivity contribution is 7.91. The molecule has 1 heterocycles. The predicted molar refractivity (Wildman–Crippen MR) is 78.5 cm³/mol. The van der Waals surface area contributed by atoms with E-state index < -0.39 is 15.7 Å². The molecule has 4 N–H and O–H groups in total. The fourth-order valence-corrected chi connectivity index (χ4v) is 4.07. The van der Waals surface area contributed by atoms with Crippen molar-refractivity contribution in [1.29, 1.82) is 0 Å². The van der Waals surface area contributed by atoms with Gasteiger partial charge in [-0.05, 0) is 0 Å². The largest absolute Gasteiger partial charge is 0.396 e. The van der Waals surface area contributed by atoms with E-state index >= 15 is 0 Å². The number of rotatable bonds is 6.